The van der Waals surface area contributed by atoms with Crippen molar-refractivity contribution >= 4 is 22.6 Å². The fourth-order valence-corrected chi connectivity index (χ4v) is 3.03. The van der Waals surface area contributed by atoms with Crippen molar-refractivity contribution in [1.82, 2.24) is 5.32 Å². The number of rotatable bonds is 5. The van der Waals surface area contributed by atoms with E-state index in [0.717, 1.165) is 18.4 Å². The fraction of sp³-hybridized carbons (Fsp3) is 1.00. The largest absolute Gasteiger partial charge is 0.317 e. The molecule has 1 N–H and O–H groups in total. The van der Waals surface area contributed by atoms with Gasteiger partial charge in [0.1, 0.15) is 0 Å². The molecule has 12 heavy (non-hydrogen) atoms. The predicted octanol–water partition coefficient (Wildman–Crippen LogP) is 2.84. The van der Waals surface area contributed by atoms with E-state index in [-0.39, 0.29) is 0 Å². The van der Waals surface area contributed by atoms with E-state index < -0.39 is 0 Å². The minimum atomic E-state index is 0.986. The number of halogens is 1. The van der Waals surface area contributed by atoms with Gasteiger partial charge in [0.05, 0.1) is 0 Å². The third-order valence-electron chi connectivity index (χ3n) is 2.95. The van der Waals surface area contributed by atoms with Crippen LogP contribution in [0, 0.1) is 11.8 Å². The lowest BCUT2D eigenvalue weighted by Crippen LogP contribution is -2.25. The van der Waals surface area contributed by atoms with Gasteiger partial charge >= 0.3 is 0 Å². The maximum atomic E-state index is 3.48. The molecule has 0 saturated heterocycles. The van der Waals surface area contributed by atoms with Gasteiger partial charge in [-0.3, -0.25) is 0 Å². The molecule has 0 heterocycles. The predicted molar refractivity (Wildman–Crippen MR) is 62.9 cm³/mol. The van der Waals surface area contributed by atoms with Gasteiger partial charge in [-0.25, -0.2) is 0 Å². The van der Waals surface area contributed by atoms with Crippen molar-refractivity contribution in [2.75, 3.05) is 17.5 Å². The molecule has 1 saturated carbocycles. The summed E-state index contributed by atoms with van der Waals surface area (Å²) in [6.07, 6.45) is 5.86. The minimum Gasteiger partial charge on any atom is -0.317 e. The topological polar surface area (TPSA) is 12.0 Å². The van der Waals surface area contributed by atoms with Gasteiger partial charge in [-0.15, -0.1) is 0 Å². The molecule has 1 aliphatic rings. The van der Waals surface area contributed by atoms with Crippen LogP contribution >= 0.6 is 22.6 Å². The summed E-state index contributed by atoms with van der Waals surface area (Å²) in [6, 6.07) is 0. The van der Waals surface area contributed by atoms with Gasteiger partial charge in [0.25, 0.3) is 0 Å². The SMILES string of the molecule is CCNCC1CCCC1CCI. The molecule has 1 rings (SSSR count). The second kappa shape index (κ2) is 6.19. The first-order valence-electron chi connectivity index (χ1n) is 5.15. The third-order valence-corrected chi connectivity index (χ3v) is 3.58. The smallest absolute Gasteiger partial charge is 0.000198 e. The van der Waals surface area contributed by atoms with Gasteiger partial charge in [-0.1, -0.05) is 42.4 Å². The van der Waals surface area contributed by atoms with Crippen LogP contribution in [0.3, 0.4) is 0 Å². The number of alkyl halides is 1. The van der Waals surface area contributed by atoms with Crippen LogP contribution < -0.4 is 5.32 Å². The summed E-state index contributed by atoms with van der Waals surface area (Å²) in [6.45, 7) is 4.59. The van der Waals surface area contributed by atoms with Crippen molar-refractivity contribution in [3.63, 3.8) is 0 Å². The molecular formula is C10H20IN. The van der Waals surface area contributed by atoms with E-state index in [1.807, 2.05) is 0 Å². The van der Waals surface area contributed by atoms with E-state index >= 15 is 0 Å². The zero-order valence-corrected chi connectivity index (χ0v) is 10.1. The van der Waals surface area contributed by atoms with E-state index in [2.05, 4.69) is 34.8 Å². The summed E-state index contributed by atoms with van der Waals surface area (Å²) in [4.78, 5) is 0. The Labute approximate surface area is 89.8 Å². The van der Waals surface area contributed by atoms with E-state index in [1.54, 1.807) is 0 Å². The summed E-state index contributed by atoms with van der Waals surface area (Å²) in [7, 11) is 0. The Morgan fingerprint density at radius 1 is 1.33 bits per heavy atom. The van der Waals surface area contributed by atoms with Crippen molar-refractivity contribution in [2.24, 2.45) is 11.8 Å². The number of nitrogens with one attached hydrogen (secondary N) is 1. The quantitative estimate of drug-likeness (QED) is 0.603. The second-order valence-electron chi connectivity index (χ2n) is 3.74. The fourth-order valence-electron chi connectivity index (χ4n) is 2.23. The molecule has 0 aliphatic heterocycles. The van der Waals surface area contributed by atoms with Crippen LogP contribution in [0.2, 0.25) is 0 Å². The Morgan fingerprint density at radius 2 is 2.08 bits per heavy atom. The Kier molecular flexibility index (Phi) is 5.56. The van der Waals surface area contributed by atoms with Gasteiger partial charge in [0, 0.05) is 0 Å². The average molecular weight is 281 g/mol. The molecular weight excluding hydrogens is 261 g/mol. The molecule has 0 amide bonds. The third kappa shape index (κ3) is 3.21. The average Bonchev–Trinajstić information content (AvgIpc) is 2.50. The second-order valence-corrected chi connectivity index (χ2v) is 4.82. The number of hydrogen-bond donors (Lipinski definition) is 1. The van der Waals surface area contributed by atoms with Crippen molar-refractivity contribution in [1.29, 1.82) is 0 Å². The maximum absolute atomic E-state index is 3.48. The summed E-state index contributed by atoms with van der Waals surface area (Å²) >= 11 is 2.50. The molecule has 2 atom stereocenters. The van der Waals surface area contributed by atoms with Crippen molar-refractivity contribution < 1.29 is 0 Å². The van der Waals surface area contributed by atoms with Crippen molar-refractivity contribution in [2.45, 2.75) is 32.6 Å². The van der Waals surface area contributed by atoms with E-state index in [9.17, 15) is 0 Å². The first-order valence-corrected chi connectivity index (χ1v) is 6.67. The molecule has 1 nitrogen and oxygen atoms in total. The molecule has 2 heteroatoms. The van der Waals surface area contributed by atoms with Crippen LogP contribution in [0.25, 0.3) is 0 Å². The zero-order chi connectivity index (χ0) is 8.81. The summed E-state index contributed by atoms with van der Waals surface area (Å²) in [5, 5.41) is 3.48. The van der Waals surface area contributed by atoms with Crippen LogP contribution in [-0.2, 0) is 0 Å². The molecule has 0 aromatic carbocycles. The molecule has 1 fully saturated rings. The highest BCUT2D eigenvalue weighted by Crippen LogP contribution is 2.33. The molecule has 0 radical (unpaired) electrons. The molecule has 0 aromatic heterocycles. The first-order chi connectivity index (χ1) is 5.88. The lowest BCUT2D eigenvalue weighted by Gasteiger charge is -2.18. The Bertz CT molecular complexity index is 116. The van der Waals surface area contributed by atoms with Crippen LogP contribution in [0.1, 0.15) is 32.6 Å². The molecule has 72 valence electrons. The van der Waals surface area contributed by atoms with Gasteiger partial charge in [-0.2, -0.15) is 0 Å². The minimum absolute atomic E-state index is 0.986. The van der Waals surface area contributed by atoms with Gasteiger partial charge < -0.3 is 5.32 Å². The van der Waals surface area contributed by atoms with Crippen LogP contribution in [-0.4, -0.2) is 17.5 Å². The van der Waals surface area contributed by atoms with Crippen LogP contribution in [0.4, 0.5) is 0 Å². The van der Waals surface area contributed by atoms with E-state index in [4.69, 9.17) is 0 Å². The lowest BCUT2D eigenvalue weighted by atomic mass is 9.94. The normalized spacial score (nSPS) is 29.5. The highest BCUT2D eigenvalue weighted by Gasteiger charge is 2.25. The first kappa shape index (κ1) is 10.8. The van der Waals surface area contributed by atoms with Crippen LogP contribution in [0.15, 0.2) is 0 Å². The van der Waals surface area contributed by atoms with E-state index in [1.165, 1.54) is 36.7 Å². The van der Waals surface area contributed by atoms with Gasteiger partial charge in [-0.05, 0) is 42.2 Å². The highest BCUT2D eigenvalue weighted by atomic mass is 127. The van der Waals surface area contributed by atoms with Gasteiger partial charge in [0.2, 0.25) is 0 Å². The van der Waals surface area contributed by atoms with Crippen LogP contribution in [0.5, 0.6) is 0 Å². The summed E-state index contributed by atoms with van der Waals surface area (Å²) in [5.74, 6) is 2.01. The molecule has 0 spiro atoms. The monoisotopic (exact) mass is 281 g/mol. The Balaban J connectivity index is 2.20. The molecule has 2 unspecified atom stereocenters. The van der Waals surface area contributed by atoms with Crippen molar-refractivity contribution in [3.8, 4) is 0 Å². The standard InChI is InChI=1S/C10H20IN/c1-2-12-8-10-5-3-4-9(10)6-7-11/h9-10,12H,2-8H2,1H3. The molecule has 0 aromatic rings. The lowest BCUT2D eigenvalue weighted by molar-refractivity contribution is 0.364. The summed E-state index contributed by atoms with van der Waals surface area (Å²) < 4.78 is 1.34. The Morgan fingerprint density at radius 3 is 2.75 bits per heavy atom. The van der Waals surface area contributed by atoms with E-state index in [0.29, 0.717) is 0 Å². The molecule has 0 bridgehead atoms. The Hall–Kier alpha value is 0.690. The zero-order valence-electron chi connectivity index (χ0n) is 7.98. The van der Waals surface area contributed by atoms with Gasteiger partial charge in [0.15, 0.2) is 0 Å². The highest BCUT2D eigenvalue weighted by molar-refractivity contribution is 14.1. The summed E-state index contributed by atoms with van der Waals surface area (Å²) in [5.41, 5.74) is 0. The van der Waals surface area contributed by atoms with Crippen molar-refractivity contribution in [3.05, 3.63) is 0 Å². The number of hydrogen-bond acceptors (Lipinski definition) is 1. The maximum Gasteiger partial charge on any atom is -0.000198 e. The molecule has 1 aliphatic carbocycles.